The molecule has 1 aliphatic carbocycles. The first-order valence-electron chi connectivity index (χ1n) is 8.22. The Morgan fingerprint density at radius 2 is 1.57 bits per heavy atom. The van der Waals surface area contributed by atoms with Gasteiger partial charge in [-0.05, 0) is 37.5 Å². The van der Waals surface area contributed by atoms with E-state index in [0.717, 1.165) is 11.5 Å². The van der Waals surface area contributed by atoms with Crippen molar-refractivity contribution in [3.63, 3.8) is 0 Å². The van der Waals surface area contributed by atoms with E-state index in [1.165, 1.54) is 50.5 Å². The number of nitrogens with one attached hydrogen (secondary N) is 1. The minimum atomic E-state index is 0.342. The molecule has 1 atom stereocenters. The molecular weight excluding hydrogens is 262 g/mol. The first-order valence-corrected chi connectivity index (χ1v) is 8.22. The Morgan fingerprint density at radius 3 is 2.19 bits per heavy atom. The van der Waals surface area contributed by atoms with Crippen LogP contribution in [0.2, 0.25) is 0 Å². The summed E-state index contributed by atoms with van der Waals surface area (Å²) in [6, 6.07) is 7.19. The largest absolute Gasteiger partial charge is 0.493 e. The van der Waals surface area contributed by atoms with E-state index in [0.29, 0.717) is 12.1 Å². The molecule has 1 aliphatic rings. The van der Waals surface area contributed by atoms with Crippen molar-refractivity contribution >= 4 is 0 Å². The van der Waals surface area contributed by atoms with Crippen LogP contribution in [0.15, 0.2) is 18.2 Å². The van der Waals surface area contributed by atoms with Crippen molar-refractivity contribution < 1.29 is 9.47 Å². The van der Waals surface area contributed by atoms with Gasteiger partial charge in [0.05, 0.1) is 14.2 Å². The molecule has 3 heteroatoms. The van der Waals surface area contributed by atoms with E-state index in [1.807, 2.05) is 6.07 Å². The van der Waals surface area contributed by atoms with Gasteiger partial charge in [-0.2, -0.15) is 0 Å². The molecule has 0 saturated heterocycles. The first kappa shape index (κ1) is 16.2. The second-order valence-electron chi connectivity index (χ2n) is 6.04. The Bertz CT molecular complexity index is 425. The second kappa shape index (κ2) is 8.28. The summed E-state index contributed by atoms with van der Waals surface area (Å²) >= 11 is 0. The van der Waals surface area contributed by atoms with Crippen LogP contribution >= 0.6 is 0 Å². The van der Waals surface area contributed by atoms with Crippen LogP contribution in [0.25, 0.3) is 0 Å². The van der Waals surface area contributed by atoms with Crippen LogP contribution in [0.5, 0.6) is 11.5 Å². The van der Waals surface area contributed by atoms with E-state index in [4.69, 9.17) is 9.47 Å². The molecule has 0 spiro atoms. The average Bonchev–Trinajstić information content (AvgIpc) is 2.49. The van der Waals surface area contributed by atoms with Gasteiger partial charge in [0.1, 0.15) is 0 Å². The Morgan fingerprint density at radius 1 is 0.952 bits per heavy atom. The predicted molar refractivity (Wildman–Crippen MR) is 87.2 cm³/mol. The lowest BCUT2D eigenvalue weighted by molar-refractivity contribution is 0.349. The molecule has 1 aromatic rings. The maximum absolute atomic E-state index is 5.40. The number of hydrogen-bond donors (Lipinski definition) is 1. The monoisotopic (exact) mass is 291 g/mol. The molecule has 0 aromatic heterocycles. The summed E-state index contributed by atoms with van der Waals surface area (Å²) in [6.07, 6.45) is 9.52. The molecule has 118 valence electrons. The minimum absolute atomic E-state index is 0.342. The van der Waals surface area contributed by atoms with Crippen LogP contribution in [0, 0.1) is 0 Å². The summed E-state index contributed by atoms with van der Waals surface area (Å²) in [6.45, 7) is 2.24. The van der Waals surface area contributed by atoms with Gasteiger partial charge in [-0.25, -0.2) is 0 Å². The van der Waals surface area contributed by atoms with Crippen LogP contribution in [0.4, 0.5) is 0 Å². The lowest BCUT2D eigenvalue weighted by Crippen LogP contribution is -2.32. The smallest absolute Gasteiger partial charge is 0.161 e. The highest BCUT2D eigenvalue weighted by molar-refractivity contribution is 5.43. The van der Waals surface area contributed by atoms with Crippen LogP contribution in [0.3, 0.4) is 0 Å². The number of methoxy groups -OCH3 is 2. The molecular formula is C18H29NO2. The topological polar surface area (TPSA) is 30.5 Å². The first-order chi connectivity index (χ1) is 10.2. The molecule has 0 bridgehead atoms. The van der Waals surface area contributed by atoms with Crippen molar-refractivity contribution in [1.82, 2.24) is 5.32 Å². The summed E-state index contributed by atoms with van der Waals surface area (Å²) < 4.78 is 10.7. The Hall–Kier alpha value is -1.22. The van der Waals surface area contributed by atoms with Gasteiger partial charge in [-0.1, -0.05) is 38.2 Å². The standard InChI is InChI=1S/C18H29NO2/c1-14(19-16-9-7-5-4-6-8-10-16)15-11-12-17(20-2)18(13-15)21-3/h11-14,16,19H,4-10H2,1-3H3. The van der Waals surface area contributed by atoms with E-state index in [2.05, 4.69) is 24.4 Å². The van der Waals surface area contributed by atoms with Gasteiger partial charge in [-0.3, -0.25) is 0 Å². The van der Waals surface area contributed by atoms with Crippen LogP contribution < -0.4 is 14.8 Å². The SMILES string of the molecule is COc1ccc(C(C)NC2CCCCCCC2)cc1OC. The number of ether oxygens (including phenoxy) is 2. The predicted octanol–water partition coefficient (Wildman–Crippen LogP) is 4.47. The molecule has 1 saturated carbocycles. The Balaban J connectivity index is 1.99. The molecule has 1 aromatic carbocycles. The third-order valence-electron chi connectivity index (χ3n) is 4.50. The zero-order valence-electron chi connectivity index (χ0n) is 13.7. The minimum Gasteiger partial charge on any atom is -0.493 e. The zero-order valence-corrected chi connectivity index (χ0v) is 13.7. The van der Waals surface area contributed by atoms with E-state index < -0.39 is 0 Å². The van der Waals surface area contributed by atoms with Crippen LogP contribution in [-0.4, -0.2) is 20.3 Å². The normalized spacial score (nSPS) is 18.6. The van der Waals surface area contributed by atoms with Gasteiger partial charge in [0.25, 0.3) is 0 Å². The summed E-state index contributed by atoms with van der Waals surface area (Å²) in [4.78, 5) is 0. The van der Waals surface area contributed by atoms with Crippen molar-refractivity contribution in [2.45, 2.75) is 64.0 Å². The molecule has 2 rings (SSSR count). The van der Waals surface area contributed by atoms with Crippen LogP contribution in [0.1, 0.15) is 63.5 Å². The molecule has 0 heterocycles. The van der Waals surface area contributed by atoms with E-state index >= 15 is 0 Å². The highest BCUT2D eigenvalue weighted by atomic mass is 16.5. The van der Waals surface area contributed by atoms with E-state index in [9.17, 15) is 0 Å². The molecule has 1 unspecified atom stereocenters. The summed E-state index contributed by atoms with van der Waals surface area (Å²) in [5.41, 5.74) is 1.26. The third kappa shape index (κ3) is 4.63. The Kier molecular flexibility index (Phi) is 6.37. The molecule has 3 nitrogen and oxygen atoms in total. The van der Waals surface area contributed by atoms with Crippen LogP contribution in [-0.2, 0) is 0 Å². The lowest BCUT2D eigenvalue weighted by atomic mass is 9.95. The fourth-order valence-electron chi connectivity index (χ4n) is 3.19. The summed E-state index contributed by atoms with van der Waals surface area (Å²) in [7, 11) is 3.36. The van der Waals surface area contributed by atoms with E-state index in [1.54, 1.807) is 14.2 Å². The molecule has 0 amide bonds. The van der Waals surface area contributed by atoms with Crippen molar-refractivity contribution in [3.8, 4) is 11.5 Å². The van der Waals surface area contributed by atoms with Crippen molar-refractivity contribution in [1.29, 1.82) is 0 Å². The molecule has 21 heavy (non-hydrogen) atoms. The van der Waals surface area contributed by atoms with Gasteiger partial charge in [0.15, 0.2) is 11.5 Å². The quantitative estimate of drug-likeness (QED) is 0.868. The number of rotatable bonds is 5. The second-order valence-corrected chi connectivity index (χ2v) is 6.04. The third-order valence-corrected chi connectivity index (χ3v) is 4.50. The van der Waals surface area contributed by atoms with Gasteiger partial charge in [-0.15, -0.1) is 0 Å². The highest BCUT2D eigenvalue weighted by Crippen LogP contribution is 2.30. The lowest BCUT2D eigenvalue weighted by Gasteiger charge is -2.25. The summed E-state index contributed by atoms with van der Waals surface area (Å²) in [5, 5.41) is 3.80. The fourth-order valence-corrected chi connectivity index (χ4v) is 3.19. The summed E-state index contributed by atoms with van der Waals surface area (Å²) in [5.74, 6) is 1.60. The maximum Gasteiger partial charge on any atom is 0.161 e. The van der Waals surface area contributed by atoms with Crippen molar-refractivity contribution in [2.24, 2.45) is 0 Å². The molecule has 1 N–H and O–H groups in total. The maximum atomic E-state index is 5.40. The fraction of sp³-hybridized carbons (Fsp3) is 0.667. The Labute approximate surface area is 129 Å². The molecule has 0 aliphatic heterocycles. The van der Waals surface area contributed by atoms with Gasteiger partial charge < -0.3 is 14.8 Å². The van der Waals surface area contributed by atoms with Gasteiger partial charge in [0.2, 0.25) is 0 Å². The van der Waals surface area contributed by atoms with Crippen molar-refractivity contribution in [2.75, 3.05) is 14.2 Å². The van der Waals surface area contributed by atoms with E-state index in [-0.39, 0.29) is 0 Å². The molecule has 1 fully saturated rings. The molecule has 0 radical (unpaired) electrons. The highest BCUT2D eigenvalue weighted by Gasteiger charge is 2.16. The average molecular weight is 291 g/mol. The number of benzene rings is 1. The zero-order chi connectivity index (χ0) is 15.1. The van der Waals surface area contributed by atoms with Gasteiger partial charge >= 0.3 is 0 Å². The van der Waals surface area contributed by atoms with Gasteiger partial charge in [0, 0.05) is 12.1 Å². The van der Waals surface area contributed by atoms with Crippen molar-refractivity contribution in [3.05, 3.63) is 23.8 Å². The number of hydrogen-bond acceptors (Lipinski definition) is 3.